The van der Waals surface area contributed by atoms with E-state index in [2.05, 4.69) is 16.9 Å². The van der Waals surface area contributed by atoms with Gasteiger partial charge in [0.1, 0.15) is 5.52 Å². The Balaban J connectivity index is 2.27. The average Bonchev–Trinajstić information content (AvgIpc) is 2.69. The van der Waals surface area contributed by atoms with E-state index in [4.69, 9.17) is 4.42 Å². The number of nitrogens with zero attached hydrogens (tertiary/aromatic N) is 2. The van der Waals surface area contributed by atoms with E-state index in [1.807, 2.05) is 6.92 Å². The molecular formula is C12H13N3O3. The highest BCUT2D eigenvalue weighted by atomic mass is 16.6. The van der Waals surface area contributed by atoms with Gasteiger partial charge in [-0.2, -0.15) is 4.98 Å². The van der Waals surface area contributed by atoms with Crippen molar-refractivity contribution in [1.29, 1.82) is 0 Å². The SMILES string of the molecule is C=CCC(C)Nc1nc2cc([N+](=O)[O-])ccc2o1. The molecule has 1 aromatic heterocycles. The molecule has 1 aromatic carbocycles. The molecule has 0 saturated carbocycles. The van der Waals surface area contributed by atoms with Crippen LogP contribution in [0.5, 0.6) is 0 Å². The zero-order chi connectivity index (χ0) is 13.1. The summed E-state index contributed by atoms with van der Waals surface area (Å²) in [5, 5.41) is 13.7. The third-order valence-corrected chi connectivity index (χ3v) is 2.47. The number of nitrogens with one attached hydrogen (secondary N) is 1. The average molecular weight is 247 g/mol. The molecule has 1 atom stereocenters. The van der Waals surface area contributed by atoms with Crippen molar-refractivity contribution in [3.63, 3.8) is 0 Å². The summed E-state index contributed by atoms with van der Waals surface area (Å²) in [7, 11) is 0. The quantitative estimate of drug-likeness (QED) is 0.498. The van der Waals surface area contributed by atoms with Crippen LogP contribution in [-0.2, 0) is 0 Å². The topological polar surface area (TPSA) is 81.2 Å². The van der Waals surface area contributed by atoms with Crippen molar-refractivity contribution in [1.82, 2.24) is 4.98 Å². The summed E-state index contributed by atoms with van der Waals surface area (Å²) in [6.45, 7) is 5.62. The second-order valence-corrected chi connectivity index (χ2v) is 4.00. The molecular weight excluding hydrogens is 234 g/mol. The Hall–Kier alpha value is -2.37. The molecule has 0 bridgehead atoms. The van der Waals surface area contributed by atoms with Crippen molar-refractivity contribution < 1.29 is 9.34 Å². The van der Waals surface area contributed by atoms with Gasteiger partial charge >= 0.3 is 0 Å². The number of fused-ring (bicyclic) bond motifs is 1. The van der Waals surface area contributed by atoms with E-state index in [9.17, 15) is 10.1 Å². The smallest absolute Gasteiger partial charge is 0.295 e. The molecule has 6 heteroatoms. The van der Waals surface area contributed by atoms with Crippen LogP contribution in [0.1, 0.15) is 13.3 Å². The molecule has 0 fully saturated rings. The lowest BCUT2D eigenvalue weighted by molar-refractivity contribution is -0.384. The second kappa shape index (κ2) is 4.87. The first kappa shape index (κ1) is 12.1. The first-order valence-corrected chi connectivity index (χ1v) is 5.52. The minimum absolute atomic E-state index is 0.00138. The van der Waals surface area contributed by atoms with E-state index in [-0.39, 0.29) is 11.7 Å². The fourth-order valence-electron chi connectivity index (χ4n) is 1.61. The Labute approximate surface area is 103 Å². The molecule has 2 aromatic rings. The van der Waals surface area contributed by atoms with Gasteiger partial charge in [-0.05, 0) is 19.4 Å². The zero-order valence-electron chi connectivity index (χ0n) is 9.92. The highest BCUT2D eigenvalue weighted by Gasteiger charge is 2.12. The lowest BCUT2D eigenvalue weighted by atomic mass is 10.2. The van der Waals surface area contributed by atoms with Gasteiger partial charge in [-0.15, -0.1) is 6.58 Å². The highest BCUT2D eigenvalue weighted by Crippen LogP contribution is 2.23. The Kier molecular flexibility index (Phi) is 3.27. The Morgan fingerprint density at radius 3 is 3.11 bits per heavy atom. The molecule has 0 aliphatic heterocycles. The van der Waals surface area contributed by atoms with Crippen LogP contribution in [0.3, 0.4) is 0 Å². The molecule has 1 heterocycles. The number of hydrogen-bond acceptors (Lipinski definition) is 5. The van der Waals surface area contributed by atoms with Gasteiger partial charge in [0.15, 0.2) is 5.58 Å². The van der Waals surface area contributed by atoms with Crippen LogP contribution in [0.4, 0.5) is 11.7 Å². The van der Waals surface area contributed by atoms with Gasteiger partial charge in [-0.25, -0.2) is 0 Å². The molecule has 0 saturated heterocycles. The first-order chi connectivity index (χ1) is 8.60. The van der Waals surface area contributed by atoms with Crippen LogP contribution >= 0.6 is 0 Å². The maximum atomic E-state index is 10.6. The van der Waals surface area contributed by atoms with Crippen LogP contribution < -0.4 is 5.32 Å². The highest BCUT2D eigenvalue weighted by molar-refractivity contribution is 5.77. The molecule has 94 valence electrons. The van der Waals surface area contributed by atoms with Gasteiger partial charge in [0.05, 0.1) is 4.92 Å². The van der Waals surface area contributed by atoms with Crippen molar-refractivity contribution in [3.8, 4) is 0 Å². The number of benzene rings is 1. The Morgan fingerprint density at radius 1 is 1.67 bits per heavy atom. The molecule has 0 amide bonds. The first-order valence-electron chi connectivity index (χ1n) is 5.52. The van der Waals surface area contributed by atoms with E-state index in [0.717, 1.165) is 6.42 Å². The number of anilines is 1. The van der Waals surface area contributed by atoms with Gasteiger partial charge in [-0.3, -0.25) is 10.1 Å². The number of rotatable bonds is 5. The summed E-state index contributed by atoms with van der Waals surface area (Å²) in [5.41, 5.74) is 0.993. The monoisotopic (exact) mass is 247 g/mol. The fraction of sp³-hybridized carbons (Fsp3) is 0.250. The minimum atomic E-state index is -0.457. The van der Waals surface area contributed by atoms with E-state index in [1.165, 1.54) is 12.1 Å². The van der Waals surface area contributed by atoms with Crippen molar-refractivity contribution >= 4 is 22.8 Å². The van der Waals surface area contributed by atoms with Crippen LogP contribution in [-0.4, -0.2) is 15.9 Å². The summed E-state index contributed by atoms with van der Waals surface area (Å²) in [4.78, 5) is 14.3. The molecule has 18 heavy (non-hydrogen) atoms. The summed E-state index contributed by atoms with van der Waals surface area (Å²) in [6, 6.07) is 4.83. The van der Waals surface area contributed by atoms with E-state index in [0.29, 0.717) is 17.1 Å². The predicted molar refractivity (Wildman–Crippen MR) is 68.6 cm³/mol. The maximum absolute atomic E-state index is 10.6. The van der Waals surface area contributed by atoms with Gasteiger partial charge < -0.3 is 9.73 Å². The van der Waals surface area contributed by atoms with Crippen LogP contribution in [0, 0.1) is 10.1 Å². The lowest BCUT2D eigenvalue weighted by Gasteiger charge is -2.07. The molecule has 6 nitrogen and oxygen atoms in total. The number of aromatic nitrogens is 1. The zero-order valence-corrected chi connectivity index (χ0v) is 9.92. The van der Waals surface area contributed by atoms with Gasteiger partial charge in [-0.1, -0.05) is 6.08 Å². The largest absolute Gasteiger partial charge is 0.424 e. The summed E-state index contributed by atoms with van der Waals surface area (Å²) >= 11 is 0. The Bertz CT molecular complexity index is 591. The molecule has 1 unspecified atom stereocenters. The van der Waals surface area contributed by atoms with Crippen molar-refractivity contribution in [2.75, 3.05) is 5.32 Å². The molecule has 1 N–H and O–H groups in total. The standard InChI is InChI=1S/C12H13N3O3/c1-3-4-8(2)13-12-14-10-7-9(15(16)17)5-6-11(10)18-12/h3,5-8H,1,4H2,2H3,(H,13,14). The molecule has 0 radical (unpaired) electrons. The van der Waals surface area contributed by atoms with Crippen LogP contribution in [0.25, 0.3) is 11.1 Å². The van der Waals surface area contributed by atoms with E-state index < -0.39 is 4.92 Å². The second-order valence-electron chi connectivity index (χ2n) is 4.00. The lowest BCUT2D eigenvalue weighted by Crippen LogP contribution is -2.13. The minimum Gasteiger partial charge on any atom is -0.424 e. The van der Waals surface area contributed by atoms with Gasteiger partial charge in [0, 0.05) is 18.2 Å². The Morgan fingerprint density at radius 2 is 2.44 bits per heavy atom. The van der Waals surface area contributed by atoms with Gasteiger partial charge in [0.2, 0.25) is 0 Å². The number of hydrogen-bond donors (Lipinski definition) is 1. The number of nitro benzene ring substituents is 1. The van der Waals surface area contributed by atoms with Crippen LogP contribution in [0.15, 0.2) is 35.3 Å². The fourth-order valence-corrected chi connectivity index (χ4v) is 1.61. The molecule has 2 rings (SSSR count). The van der Waals surface area contributed by atoms with Crippen LogP contribution in [0.2, 0.25) is 0 Å². The third kappa shape index (κ3) is 2.48. The molecule has 0 aliphatic rings. The van der Waals surface area contributed by atoms with E-state index >= 15 is 0 Å². The summed E-state index contributed by atoms with van der Waals surface area (Å²) in [6.07, 6.45) is 2.57. The van der Waals surface area contributed by atoms with Crippen molar-refractivity contribution in [3.05, 3.63) is 41.0 Å². The molecule has 0 spiro atoms. The number of oxazole rings is 1. The molecule has 0 aliphatic carbocycles. The normalized spacial score (nSPS) is 12.3. The third-order valence-electron chi connectivity index (χ3n) is 2.47. The number of non-ortho nitro benzene ring substituents is 1. The number of nitro groups is 1. The van der Waals surface area contributed by atoms with Gasteiger partial charge in [0.25, 0.3) is 11.7 Å². The van der Waals surface area contributed by atoms with Crippen molar-refractivity contribution in [2.24, 2.45) is 0 Å². The van der Waals surface area contributed by atoms with E-state index in [1.54, 1.807) is 12.1 Å². The predicted octanol–water partition coefficient (Wildman–Crippen LogP) is 3.11. The van der Waals surface area contributed by atoms with Crippen molar-refractivity contribution in [2.45, 2.75) is 19.4 Å². The summed E-state index contributed by atoms with van der Waals surface area (Å²) < 4.78 is 5.44. The summed E-state index contributed by atoms with van der Waals surface area (Å²) in [5.74, 6) is 0. The maximum Gasteiger partial charge on any atom is 0.295 e.